The van der Waals surface area contributed by atoms with E-state index >= 15 is 0 Å². The Hall–Kier alpha value is -2.86. The zero-order valence-corrected chi connectivity index (χ0v) is 16.0. The van der Waals surface area contributed by atoms with E-state index in [1.807, 2.05) is 29.2 Å². The van der Waals surface area contributed by atoms with Crippen molar-refractivity contribution in [3.63, 3.8) is 0 Å². The lowest BCUT2D eigenvalue weighted by Crippen LogP contribution is -2.34. The second-order valence-electron chi connectivity index (χ2n) is 7.98. The number of carbonyl (C=O) groups excluding carboxylic acids is 2. The van der Waals surface area contributed by atoms with E-state index in [-0.39, 0.29) is 17.2 Å². The van der Waals surface area contributed by atoms with Crippen molar-refractivity contribution in [3.05, 3.63) is 59.7 Å². The fourth-order valence-corrected chi connectivity index (χ4v) is 3.83. The molecule has 1 fully saturated rings. The smallest absolute Gasteiger partial charge is 0.265 e. The summed E-state index contributed by atoms with van der Waals surface area (Å²) in [5.41, 5.74) is 8.01. The van der Waals surface area contributed by atoms with Gasteiger partial charge in [0.25, 0.3) is 11.8 Å². The van der Waals surface area contributed by atoms with Gasteiger partial charge in [0.05, 0.1) is 0 Å². The Morgan fingerprint density at radius 3 is 2.82 bits per heavy atom. The molecule has 2 aliphatic heterocycles. The number of likely N-dealkylation sites (tertiary alicyclic amines) is 1. The third-order valence-corrected chi connectivity index (χ3v) is 5.65. The van der Waals surface area contributed by atoms with E-state index < -0.39 is 6.10 Å². The van der Waals surface area contributed by atoms with Crippen molar-refractivity contribution in [2.75, 3.05) is 25.0 Å². The van der Waals surface area contributed by atoms with Crippen molar-refractivity contribution in [2.45, 2.75) is 25.9 Å². The van der Waals surface area contributed by atoms with Crippen molar-refractivity contribution in [1.82, 2.24) is 4.90 Å². The molecule has 2 heterocycles. The number of fused-ring (bicyclic) bond motifs is 1. The molecule has 1 saturated heterocycles. The molecule has 3 N–H and O–H groups in total. The summed E-state index contributed by atoms with van der Waals surface area (Å²) in [5.74, 6) is 0.513. The van der Waals surface area contributed by atoms with Crippen LogP contribution in [0.15, 0.2) is 48.5 Å². The first-order chi connectivity index (χ1) is 13.5. The molecule has 0 bridgehead atoms. The predicted octanol–water partition coefficient (Wildman–Crippen LogP) is 2.44. The molecule has 4 rings (SSSR count). The molecule has 0 radical (unpaired) electrons. The summed E-state index contributed by atoms with van der Waals surface area (Å²) >= 11 is 0. The Labute approximate surface area is 164 Å². The maximum atomic E-state index is 12.8. The van der Waals surface area contributed by atoms with Crippen LogP contribution in [0.3, 0.4) is 0 Å². The molecular weight excluding hydrogens is 354 g/mol. The van der Waals surface area contributed by atoms with Gasteiger partial charge in [-0.2, -0.15) is 0 Å². The minimum absolute atomic E-state index is 0.0176. The summed E-state index contributed by atoms with van der Waals surface area (Å²) in [6.45, 7) is 4.04. The molecule has 6 nitrogen and oxygen atoms in total. The van der Waals surface area contributed by atoms with Gasteiger partial charge in [0, 0.05) is 30.8 Å². The number of hydrogen-bond donors (Lipinski definition) is 2. The molecule has 2 unspecified atom stereocenters. The van der Waals surface area contributed by atoms with Crippen LogP contribution in [0.1, 0.15) is 29.3 Å². The predicted molar refractivity (Wildman–Crippen MR) is 107 cm³/mol. The van der Waals surface area contributed by atoms with Gasteiger partial charge < -0.3 is 20.7 Å². The molecule has 28 heavy (non-hydrogen) atoms. The lowest BCUT2D eigenvalue weighted by atomic mass is 9.90. The first-order valence-electron chi connectivity index (χ1n) is 9.62. The van der Waals surface area contributed by atoms with Crippen LogP contribution >= 0.6 is 0 Å². The number of nitrogens with two attached hydrogens (primary N) is 1. The molecule has 2 atom stereocenters. The molecule has 0 saturated carbocycles. The molecule has 2 aromatic carbocycles. The number of ether oxygens (including phenoxy) is 1. The highest BCUT2D eigenvalue weighted by Gasteiger charge is 2.35. The van der Waals surface area contributed by atoms with E-state index in [9.17, 15) is 9.59 Å². The van der Waals surface area contributed by atoms with Crippen LogP contribution in [0.4, 0.5) is 5.69 Å². The molecule has 2 amide bonds. The Morgan fingerprint density at radius 2 is 2.07 bits per heavy atom. The van der Waals surface area contributed by atoms with Crippen LogP contribution in [0.5, 0.6) is 5.75 Å². The average Bonchev–Trinajstić information content (AvgIpc) is 3.32. The largest absolute Gasteiger partial charge is 0.480 e. The Morgan fingerprint density at radius 1 is 1.25 bits per heavy atom. The number of hydrogen-bond acceptors (Lipinski definition) is 4. The van der Waals surface area contributed by atoms with Gasteiger partial charge in [-0.25, -0.2) is 0 Å². The summed E-state index contributed by atoms with van der Waals surface area (Å²) in [5, 5.41) is 2.88. The molecular formula is C22H25N3O3. The van der Waals surface area contributed by atoms with Crippen LogP contribution in [0.2, 0.25) is 0 Å². The minimum Gasteiger partial charge on any atom is -0.480 e. The summed E-state index contributed by atoms with van der Waals surface area (Å²) in [7, 11) is 0. The van der Waals surface area contributed by atoms with Gasteiger partial charge in [0.15, 0.2) is 6.10 Å². The number of nitrogens with one attached hydrogen (secondary N) is 1. The molecule has 2 aromatic rings. The molecule has 6 heteroatoms. The Kier molecular flexibility index (Phi) is 4.81. The number of benzene rings is 2. The monoisotopic (exact) mass is 379 g/mol. The Bertz CT molecular complexity index is 888. The highest BCUT2D eigenvalue weighted by atomic mass is 16.5. The lowest BCUT2D eigenvalue weighted by molar-refractivity contribution is -0.122. The van der Waals surface area contributed by atoms with Gasteiger partial charge in [-0.15, -0.1) is 0 Å². The van der Waals surface area contributed by atoms with E-state index in [1.54, 1.807) is 24.3 Å². The average molecular weight is 379 g/mol. The maximum Gasteiger partial charge on any atom is 0.265 e. The van der Waals surface area contributed by atoms with Crippen LogP contribution < -0.4 is 15.8 Å². The van der Waals surface area contributed by atoms with Crippen LogP contribution in [0, 0.1) is 5.41 Å². The quantitative estimate of drug-likeness (QED) is 0.855. The number of anilines is 1. The maximum absolute atomic E-state index is 12.8. The zero-order valence-electron chi connectivity index (χ0n) is 16.0. The van der Waals surface area contributed by atoms with E-state index in [1.165, 1.54) is 0 Å². The summed E-state index contributed by atoms with van der Waals surface area (Å²) in [6.07, 6.45) is 0.901. The topological polar surface area (TPSA) is 84.7 Å². The SMILES string of the molecule is CC1(CN)CCN(C(=O)c2cccc(NC(=O)C3Cc4ccccc4O3)c2)C1. The molecule has 0 aromatic heterocycles. The van der Waals surface area contributed by atoms with Crippen LogP contribution in [0.25, 0.3) is 0 Å². The van der Waals surface area contributed by atoms with Gasteiger partial charge in [-0.05, 0) is 48.2 Å². The molecule has 0 spiro atoms. The van der Waals surface area contributed by atoms with E-state index in [0.29, 0.717) is 37.3 Å². The second kappa shape index (κ2) is 7.28. The first-order valence-corrected chi connectivity index (χ1v) is 9.62. The van der Waals surface area contributed by atoms with Gasteiger partial charge >= 0.3 is 0 Å². The summed E-state index contributed by atoms with van der Waals surface area (Å²) < 4.78 is 5.74. The number of amides is 2. The number of carbonyl (C=O) groups is 2. The Balaban J connectivity index is 1.42. The van der Waals surface area contributed by atoms with Crippen LogP contribution in [-0.2, 0) is 11.2 Å². The minimum atomic E-state index is -0.555. The van der Waals surface area contributed by atoms with E-state index in [2.05, 4.69) is 12.2 Å². The lowest BCUT2D eigenvalue weighted by Gasteiger charge is -2.22. The second-order valence-corrected chi connectivity index (χ2v) is 7.98. The third kappa shape index (κ3) is 3.60. The standard InChI is InChI=1S/C22H25N3O3/c1-22(13-23)9-10-25(14-22)21(27)16-6-4-7-17(11-16)24-20(26)19-12-15-5-2-3-8-18(15)28-19/h2-8,11,19H,9-10,12-14,23H2,1H3,(H,24,26). The van der Waals surface area contributed by atoms with Crippen molar-refractivity contribution in [1.29, 1.82) is 0 Å². The highest BCUT2D eigenvalue weighted by molar-refractivity contribution is 5.98. The fourth-order valence-electron chi connectivity index (χ4n) is 3.83. The van der Waals surface area contributed by atoms with Gasteiger partial charge in [0.1, 0.15) is 5.75 Å². The van der Waals surface area contributed by atoms with Gasteiger partial charge in [0.2, 0.25) is 0 Å². The number of para-hydroxylation sites is 1. The third-order valence-electron chi connectivity index (χ3n) is 5.65. The first kappa shape index (κ1) is 18.5. The normalized spacial score (nSPS) is 23.2. The van der Waals surface area contributed by atoms with Gasteiger partial charge in [-0.3, -0.25) is 9.59 Å². The molecule has 146 valence electrons. The van der Waals surface area contributed by atoms with Crippen molar-refractivity contribution in [2.24, 2.45) is 11.1 Å². The summed E-state index contributed by atoms with van der Waals surface area (Å²) in [6, 6.07) is 14.7. The van der Waals surface area contributed by atoms with Crippen molar-refractivity contribution < 1.29 is 14.3 Å². The summed E-state index contributed by atoms with van der Waals surface area (Å²) in [4.78, 5) is 27.3. The molecule has 0 aliphatic carbocycles. The van der Waals surface area contributed by atoms with Crippen LogP contribution in [-0.4, -0.2) is 42.5 Å². The fraction of sp³-hybridized carbons (Fsp3) is 0.364. The van der Waals surface area contributed by atoms with Crippen molar-refractivity contribution >= 4 is 17.5 Å². The zero-order chi connectivity index (χ0) is 19.7. The van der Waals surface area contributed by atoms with E-state index in [0.717, 1.165) is 17.7 Å². The van der Waals surface area contributed by atoms with E-state index in [4.69, 9.17) is 10.5 Å². The van der Waals surface area contributed by atoms with Gasteiger partial charge in [-0.1, -0.05) is 31.2 Å². The number of nitrogens with zero attached hydrogens (tertiary/aromatic N) is 1. The number of rotatable bonds is 4. The molecule has 2 aliphatic rings. The highest BCUT2D eigenvalue weighted by Crippen LogP contribution is 2.30. The van der Waals surface area contributed by atoms with Crippen molar-refractivity contribution in [3.8, 4) is 5.75 Å².